The van der Waals surface area contributed by atoms with Crippen molar-refractivity contribution in [3.63, 3.8) is 0 Å². The summed E-state index contributed by atoms with van der Waals surface area (Å²) in [5.74, 6) is 0.151. The molecule has 2 aromatic rings. The summed E-state index contributed by atoms with van der Waals surface area (Å²) in [7, 11) is 0. The van der Waals surface area contributed by atoms with E-state index < -0.39 is 11.1 Å². The number of hydrogen-bond donors (Lipinski definition) is 1. The van der Waals surface area contributed by atoms with E-state index >= 15 is 0 Å². The summed E-state index contributed by atoms with van der Waals surface area (Å²) < 4.78 is 0.877. The van der Waals surface area contributed by atoms with Crippen LogP contribution >= 0.6 is 34.8 Å². The van der Waals surface area contributed by atoms with Crippen molar-refractivity contribution in [2.45, 2.75) is 0 Å². The number of nitrogens with one attached hydrogen (secondary N) is 1. The van der Waals surface area contributed by atoms with E-state index in [0.717, 1.165) is 4.68 Å². The van der Waals surface area contributed by atoms with Crippen molar-refractivity contribution in [2.24, 2.45) is 0 Å². The number of hydrogen-bond acceptors (Lipinski definition) is 3. The number of pyridine rings is 1. The maximum absolute atomic E-state index is 11.7. The molecule has 0 aliphatic rings. The molecule has 0 saturated heterocycles. The predicted octanol–water partition coefficient (Wildman–Crippen LogP) is 1.88. The Kier molecular flexibility index (Phi) is 3.24. The van der Waals surface area contributed by atoms with Crippen LogP contribution in [0.25, 0.3) is 5.82 Å². The second kappa shape index (κ2) is 4.52. The third-order valence-electron chi connectivity index (χ3n) is 1.93. The molecule has 1 N–H and O–H groups in total. The van der Waals surface area contributed by atoms with Gasteiger partial charge in [-0.25, -0.2) is 4.98 Å². The third-order valence-corrected chi connectivity index (χ3v) is 2.94. The van der Waals surface area contributed by atoms with Crippen LogP contribution in [0.4, 0.5) is 0 Å². The standard InChI is InChI=1S/C9H4Cl3N3O2/c10-4-2-1-3-5(13-4)15-9(17)7(12)6(11)8(16)14-15/h1-3H,(H,14,16). The lowest BCUT2D eigenvalue weighted by molar-refractivity contribution is 0.763. The lowest BCUT2D eigenvalue weighted by Crippen LogP contribution is -2.29. The normalized spacial score (nSPS) is 10.5. The van der Waals surface area contributed by atoms with Crippen LogP contribution in [0.2, 0.25) is 15.2 Å². The topological polar surface area (TPSA) is 67.8 Å². The number of halogens is 3. The van der Waals surface area contributed by atoms with Crippen molar-refractivity contribution >= 4 is 34.8 Å². The zero-order chi connectivity index (χ0) is 12.6. The molecule has 0 saturated carbocycles. The SMILES string of the molecule is O=c1[nH]n(-c2cccc(Cl)n2)c(=O)c(Cl)c1Cl. The number of nitrogens with zero attached hydrogens (tertiary/aromatic N) is 2. The predicted molar refractivity (Wildman–Crippen MR) is 65.5 cm³/mol. The van der Waals surface area contributed by atoms with Crippen LogP contribution in [0.3, 0.4) is 0 Å². The number of H-pyrrole nitrogens is 1. The fourth-order valence-corrected chi connectivity index (χ4v) is 1.63. The largest absolute Gasteiger partial charge is 0.291 e. The molecule has 0 fully saturated rings. The molecule has 2 aromatic heterocycles. The summed E-state index contributed by atoms with van der Waals surface area (Å²) in [6, 6.07) is 4.61. The quantitative estimate of drug-likeness (QED) is 0.816. The molecule has 0 aliphatic heterocycles. The van der Waals surface area contributed by atoms with E-state index in [2.05, 4.69) is 10.1 Å². The summed E-state index contributed by atoms with van der Waals surface area (Å²) in [5.41, 5.74) is -1.36. The zero-order valence-electron chi connectivity index (χ0n) is 8.08. The highest BCUT2D eigenvalue weighted by Gasteiger charge is 2.12. The molecule has 0 aliphatic carbocycles. The minimum Gasteiger partial charge on any atom is -0.266 e. The lowest BCUT2D eigenvalue weighted by atomic mass is 10.4. The van der Waals surface area contributed by atoms with Gasteiger partial charge in [-0.05, 0) is 12.1 Å². The average molecular weight is 293 g/mol. The molecular formula is C9H4Cl3N3O2. The Labute approximate surface area is 110 Å². The molecular weight excluding hydrogens is 288 g/mol. The smallest absolute Gasteiger partial charge is 0.266 e. The first-order valence-electron chi connectivity index (χ1n) is 4.34. The number of rotatable bonds is 1. The van der Waals surface area contributed by atoms with Crippen LogP contribution in [0.1, 0.15) is 0 Å². The highest BCUT2D eigenvalue weighted by Crippen LogP contribution is 2.12. The highest BCUT2D eigenvalue weighted by atomic mass is 35.5. The van der Waals surface area contributed by atoms with Crippen LogP contribution in [0.15, 0.2) is 27.8 Å². The van der Waals surface area contributed by atoms with Gasteiger partial charge in [0.25, 0.3) is 11.1 Å². The van der Waals surface area contributed by atoms with Crippen LogP contribution in [-0.4, -0.2) is 14.8 Å². The van der Waals surface area contributed by atoms with Crippen molar-refractivity contribution in [3.05, 3.63) is 54.1 Å². The van der Waals surface area contributed by atoms with Gasteiger partial charge in [-0.2, -0.15) is 4.68 Å². The summed E-state index contributed by atoms with van der Waals surface area (Å²) >= 11 is 16.9. The third kappa shape index (κ3) is 2.22. The molecule has 8 heteroatoms. The summed E-state index contributed by atoms with van der Waals surface area (Å²) in [5, 5.41) is 1.71. The van der Waals surface area contributed by atoms with Crippen molar-refractivity contribution in [1.29, 1.82) is 0 Å². The van der Waals surface area contributed by atoms with E-state index in [1.165, 1.54) is 12.1 Å². The van der Waals surface area contributed by atoms with E-state index in [9.17, 15) is 9.59 Å². The molecule has 0 unspecified atom stereocenters. The first kappa shape index (κ1) is 12.2. The van der Waals surface area contributed by atoms with E-state index in [4.69, 9.17) is 34.8 Å². The Hall–Kier alpha value is -1.30. The fourth-order valence-electron chi connectivity index (χ4n) is 1.18. The Balaban J connectivity index is 2.78. The fraction of sp³-hybridized carbons (Fsp3) is 0. The maximum atomic E-state index is 11.7. The van der Waals surface area contributed by atoms with E-state index in [1.54, 1.807) is 6.07 Å². The molecule has 2 heterocycles. The Morgan fingerprint density at radius 3 is 2.47 bits per heavy atom. The maximum Gasteiger partial charge on any atom is 0.291 e. The summed E-state index contributed by atoms with van der Waals surface area (Å²) in [6.45, 7) is 0. The van der Waals surface area contributed by atoms with Gasteiger partial charge in [-0.3, -0.25) is 14.7 Å². The van der Waals surface area contributed by atoms with Crippen molar-refractivity contribution in [1.82, 2.24) is 14.8 Å². The zero-order valence-corrected chi connectivity index (χ0v) is 10.3. The number of aromatic amines is 1. The Morgan fingerprint density at radius 2 is 1.82 bits per heavy atom. The molecule has 0 bridgehead atoms. The van der Waals surface area contributed by atoms with Gasteiger partial charge in [0.15, 0.2) is 5.82 Å². The van der Waals surface area contributed by atoms with E-state index in [0.29, 0.717) is 0 Å². The Morgan fingerprint density at radius 1 is 1.12 bits per heavy atom. The van der Waals surface area contributed by atoms with Gasteiger partial charge in [0.2, 0.25) is 0 Å². The molecule has 88 valence electrons. The van der Waals surface area contributed by atoms with Crippen LogP contribution in [0.5, 0.6) is 0 Å². The summed E-state index contributed by atoms with van der Waals surface area (Å²) in [6.07, 6.45) is 0. The average Bonchev–Trinajstić information content (AvgIpc) is 2.31. The Bertz CT molecular complexity index is 693. The molecule has 17 heavy (non-hydrogen) atoms. The van der Waals surface area contributed by atoms with E-state index in [1.807, 2.05) is 0 Å². The number of aromatic nitrogens is 3. The molecule has 0 amide bonds. The minimum absolute atomic E-state index is 0.151. The van der Waals surface area contributed by atoms with Crippen molar-refractivity contribution in [3.8, 4) is 5.82 Å². The molecule has 2 rings (SSSR count). The minimum atomic E-state index is -0.682. The van der Waals surface area contributed by atoms with Crippen molar-refractivity contribution < 1.29 is 0 Å². The highest BCUT2D eigenvalue weighted by molar-refractivity contribution is 6.41. The molecule has 0 aromatic carbocycles. The van der Waals surface area contributed by atoms with E-state index in [-0.39, 0.29) is 21.0 Å². The van der Waals surface area contributed by atoms with Gasteiger partial charge >= 0.3 is 0 Å². The van der Waals surface area contributed by atoms with Gasteiger partial charge in [-0.1, -0.05) is 40.9 Å². The first-order chi connectivity index (χ1) is 8.00. The van der Waals surface area contributed by atoms with Gasteiger partial charge in [0, 0.05) is 0 Å². The molecule has 5 nitrogen and oxygen atoms in total. The van der Waals surface area contributed by atoms with Gasteiger partial charge < -0.3 is 0 Å². The molecule has 0 radical (unpaired) electrons. The van der Waals surface area contributed by atoms with Crippen LogP contribution in [-0.2, 0) is 0 Å². The van der Waals surface area contributed by atoms with Gasteiger partial charge in [0.1, 0.15) is 15.2 Å². The van der Waals surface area contributed by atoms with Gasteiger partial charge in [-0.15, -0.1) is 0 Å². The van der Waals surface area contributed by atoms with Crippen LogP contribution < -0.4 is 11.1 Å². The molecule has 0 spiro atoms. The van der Waals surface area contributed by atoms with Crippen LogP contribution in [0, 0.1) is 0 Å². The van der Waals surface area contributed by atoms with Gasteiger partial charge in [0.05, 0.1) is 0 Å². The lowest BCUT2D eigenvalue weighted by Gasteiger charge is -2.05. The summed E-state index contributed by atoms with van der Waals surface area (Å²) in [4.78, 5) is 27.0. The second-order valence-corrected chi connectivity index (χ2v) is 4.17. The van der Waals surface area contributed by atoms with Crippen molar-refractivity contribution in [2.75, 3.05) is 0 Å². The monoisotopic (exact) mass is 291 g/mol. The second-order valence-electron chi connectivity index (χ2n) is 3.03. The first-order valence-corrected chi connectivity index (χ1v) is 5.47. The molecule has 0 atom stereocenters.